The molecule has 1 N–H and O–H groups in total. The van der Waals surface area contributed by atoms with E-state index in [0.717, 1.165) is 5.56 Å². The Hall–Kier alpha value is -1.80. The molecule has 3 heterocycles. The number of carbonyl (C=O) groups excluding carboxylic acids is 1. The summed E-state index contributed by atoms with van der Waals surface area (Å²) in [6, 6.07) is 1.91. The predicted octanol–water partition coefficient (Wildman–Crippen LogP) is -0.00520. The third-order valence-corrected chi connectivity index (χ3v) is 3.71. The van der Waals surface area contributed by atoms with Gasteiger partial charge in [-0.25, -0.2) is 0 Å². The summed E-state index contributed by atoms with van der Waals surface area (Å²) in [7, 11) is 0. The first-order chi connectivity index (χ1) is 9.22. The molecule has 7 nitrogen and oxygen atoms in total. The molecule has 1 fully saturated rings. The molecule has 1 aliphatic heterocycles. The van der Waals surface area contributed by atoms with Crippen LogP contribution in [-0.2, 0) is 11.3 Å². The summed E-state index contributed by atoms with van der Waals surface area (Å²) in [5.41, 5.74) is 0.903. The minimum atomic E-state index is -0.408. The monoisotopic (exact) mass is 279 g/mol. The van der Waals surface area contributed by atoms with Crippen molar-refractivity contribution in [2.75, 3.05) is 13.1 Å². The maximum atomic E-state index is 11.9. The van der Waals surface area contributed by atoms with Crippen molar-refractivity contribution in [3.8, 4) is 11.4 Å². The average Bonchev–Trinajstić information content (AvgIpc) is 3.07. The first kappa shape index (κ1) is 12.2. The molecule has 19 heavy (non-hydrogen) atoms. The molecular formula is C11H13N5O2S. The molecule has 3 rings (SSSR count). The van der Waals surface area contributed by atoms with Crippen LogP contribution < -0.4 is 0 Å². The van der Waals surface area contributed by atoms with Crippen LogP contribution in [0.25, 0.3) is 11.4 Å². The molecule has 2 aromatic heterocycles. The van der Waals surface area contributed by atoms with Gasteiger partial charge in [-0.15, -0.1) is 10.2 Å². The van der Waals surface area contributed by atoms with Crippen molar-refractivity contribution in [2.24, 2.45) is 0 Å². The Morgan fingerprint density at radius 2 is 2.47 bits per heavy atom. The quantitative estimate of drug-likeness (QED) is 0.854. The van der Waals surface area contributed by atoms with Gasteiger partial charge in [-0.3, -0.25) is 4.79 Å². The maximum absolute atomic E-state index is 11.9. The van der Waals surface area contributed by atoms with Crippen molar-refractivity contribution < 1.29 is 9.90 Å². The molecular weight excluding hydrogens is 266 g/mol. The van der Waals surface area contributed by atoms with Crippen molar-refractivity contribution >= 4 is 17.2 Å². The van der Waals surface area contributed by atoms with Crippen LogP contribution in [0.1, 0.15) is 6.42 Å². The highest BCUT2D eigenvalue weighted by Crippen LogP contribution is 2.16. The Morgan fingerprint density at radius 3 is 3.16 bits per heavy atom. The number of β-amino-alcohol motifs (C(OH)–C–C–N with tert-alkyl or cyclic N) is 1. The van der Waals surface area contributed by atoms with Gasteiger partial charge in [-0.05, 0) is 23.1 Å². The third-order valence-electron chi connectivity index (χ3n) is 3.02. The Bertz CT molecular complexity index is 567. The minimum absolute atomic E-state index is 0.0594. The number of thiophene rings is 1. The second-order valence-electron chi connectivity index (χ2n) is 4.44. The summed E-state index contributed by atoms with van der Waals surface area (Å²) in [5.74, 6) is 0.432. The highest BCUT2D eigenvalue weighted by molar-refractivity contribution is 7.08. The van der Waals surface area contributed by atoms with Crippen molar-refractivity contribution in [3.05, 3.63) is 16.8 Å². The summed E-state index contributed by atoms with van der Waals surface area (Å²) < 4.78 is 0. The number of carbonyl (C=O) groups is 1. The fourth-order valence-electron chi connectivity index (χ4n) is 2.01. The molecule has 0 aliphatic carbocycles. The van der Waals surface area contributed by atoms with Gasteiger partial charge in [0.15, 0.2) is 0 Å². The molecule has 0 bridgehead atoms. The Morgan fingerprint density at radius 1 is 1.58 bits per heavy atom. The number of likely N-dealkylation sites (tertiary alicyclic amines) is 1. The number of aliphatic hydroxyl groups excluding tert-OH is 1. The lowest BCUT2D eigenvalue weighted by Gasteiger charge is -2.14. The van der Waals surface area contributed by atoms with Crippen LogP contribution in [0.15, 0.2) is 16.8 Å². The van der Waals surface area contributed by atoms with Crippen molar-refractivity contribution in [1.82, 2.24) is 25.1 Å². The smallest absolute Gasteiger partial charge is 0.246 e. The van der Waals surface area contributed by atoms with Crippen LogP contribution >= 0.6 is 11.3 Å². The van der Waals surface area contributed by atoms with Gasteiger partial charge in [0.25, 0.3) is 0 Å². The van der Waals surface area contributed by atoms with Gasteiger partial charge < -0.3 is 10.0 Å². The van der Waals surface area contributed by atoms with Crippen LogP contribution in [0.3, 0.4) is 0 Å². The van der Waals surface area contributed by atoms with Crippen LogP contribution in [0.2, 0.25) is 0 Å². The summed E-state index contributed by atoms with van der Waals surface area (Å²) in [5, 5.41) is 25.2. The predicted molar refractivity (Wildman–Crippen MR) is 68.3 cm³/mol. The average molecular weight is 279 g/mol. The minimum Gasteiger partial charge on any atom is -0.391 e. The van der Waals surface area contributed by atoms with E-state index < -0.39 is 6.10 Å². The number of tetrazole rings is 1. The maximum Gasteiger partial charge on any atom is 0.246 e. The summed E-state index contributed by atoms with van der Waals surface area (Å²) in [6.45, 7) is 1.04. The van der Waals surface area contributed by atoms with E-state index in [4.69, 9.17) is 0 Å². The SMILES string of the molecule is O=C(Cn1nnc(-c2ccsc2)n1)N1CCC(O)C1. The molecule has 0 aromatic carbocycles. The number of hydrogen-bond donors (Lipinski definition) is 1. The number of nitrogens with zero attached hydrogens (tertiary/aromatic N) is 5. The van der Waals surface area contributed by atoms with Gasteiger partial charge in [0, 0.05) is 24.0 Å². The molecule has 100 valence electrons. The van der Waals surface area contributed by atoms with E-state index in [1.807, 2.05) is 16.8 Å². The molecule has 1 saturated heterocycles. The lowest BCUT2D eigenvalue weighted by molar-refractivity contribution is -0.131. The first-order valence-electron chi connectivity index (χ1n) is 5.98. The number of hydrogen-bond acceptors (Lipinski definition) is 6. The zero-order valence-electron chi connectivity index (χ0n) is 10.1. The molecule has 0 saturated carbocycles. The molecule has 0 radical (unpaired) electrons. The molecule has 1 atom stereocenters. The highest BCUT2D eigenvalue weighted by atomic mass is 32.1. The number of amides is 1. The summed E-state index contributed by atoms with van der Waals surface area (Å²) >= 11 is 1.56. The Kier molecular flexibility index (Phi) is 3.26. The van der Waals surface area contributed by atoms with Gasteiger partial charge in [0.1, 0.15) is 6.54 Å². The van der Waals surface area contributed by atoms with E-state index in [1.165, 1.54) is 4.80 Å². The largest absolute Gasteiger partial charge is 0.391 e. The third kappa shape index (κ3) is 2.64. The van der Waals surface area contributed by atoms with Gasteiger partial charge in [0.2, 0.25) is 11.7 Å². The second-order valence-corrected chi connectivity index (χ2v) is 5.22. The standard InChI is InChI=1S/C11H13N5O2S/c17-9-1-3-15(5-9)10(18)6-16-13-11(12-14-16)8-2-4-19-7-8/h2,4,7,9,17H,1,3,5-6H2. The van der Waals surface area contributed by atoms with Gasteiger partial charge in [-0.2, -0.15) is 16.1 Å². The summed E-state index contributed by atoms with van der Waals surface area (Å²) in [6.07, 6.45) is 0.227. The topological polar surface area (TPSA) is 84.1 Å². The Balaban J connectivity index is 1.66. The van der Waals surface area contributed by atoms with Gasteiger partial charge in [0.05, 0.1) is 6.10 Å². The zero-order chi connectivity index (χ0) is 13.2. The lowest BCUT2D eigenvalue weighted by Crippen LogP contribution is -2.33. The van der Waals surface area contributed by atoms with Crippen LogP contribution in [0.4, 0.5) is 0 Å². The molecule has 0 spiro atoms. The lowest BCUT2D eigenvalue weighted by atomic mass is 10.3. The number of rotatable bonds is 3. The normalized spacial score (nSPS) is 19.0. The molecule has 2 aromatic rings. The van der Waals surface area contributed by atoms with E-state index in [0.29, 0.717) is 25.3 Å². The van der Waals surface area contributed by atoms with Crippen LogP contribution in [0, 0.1) is 0 Å². The van der Waals surface area contributed by atoms with E-state index in [-0.39, 0.29) is 12.5 Å². The van der Waals surface area contributed by atoms with Crippen LogP contribution in [-0.4, -0.2) is 55.3 Å². The van der Waals surface area contributed by atoms with E-state index in [9.17, 15) is 9.90 Å². The molecule has 1 amide bonds. The van der Waals surface area contributed by atoms with Crippen molar-refractivity contribution in [2.45, 2.75) is 19.1 Å². The van der Waals surface area contributed by atoms with Gasteiger partial charge >= 0.3 is 0 Å². The van der Waals surface area contributed by atoms with Crippen LogP contribution in [0.5, 0.6) is 0 Å². The molecule has 1 unspecified atom stereocenters. The fourth-order valence-corrected chi connectivity index (χ4v) is 2.64. The summed E-state index contributed by atoms with van der Waals surface area (Å²) in [4.78, 5) is 14.9. The van der Waals surface area contributed by atoms with E-state index in [1.54, 1.807) is 16.2 Å². The second kappa shape index (κ2) is 5.06. The zero-order valence-corrected chi connectivity index (χ0v) is 11.0. The van der Waals surface area contributed by atoms with E-state index in [2.05, 4.69) is 15.4 Å². The van der Waals surface area contributed by atoms with E-state index >= 15 is 0 Å². The molecule has 1 aliphatic rings. The fraction of sp³-hybridized carbons (Fsp3) is 0.455. The van der Waals surface area contributed by atoms with Crippen molar-refractivity contribution in [3.63, 3.8) is 0 Å². The van der Waals surface area contributed by atoms with Crippen molar-refractivity contribution in [1.29, 1.82) is 0 Å². The Labute approximate surface area is 113 Å². The highest BCUT2D eigenvalue weighted by Gasteiger charge is 2.25. The number of aromatic nitrogens is 4. The molecule has 8 heteroatoms. The number of aliphatic hydroxyl groups is 1. The first-order valence-corrected chi connectivity index (χ1v) is 6.93. The van der Waals surface area contributed by atoms with Gasteiger partial charge in [-0.1, -0.05) is 0 Å².